The number of nitrogens with one attached hydrogen (secondary N) is 1. The van der Waals surface area contributed by atoms with Gasteiger partial charge in [-0.1, -0.05) is 48.5 Å². The average Bonchev–Trinajstić information content (AvgIpc) is 2.71. The van der Waals surface area contributed by atoms with Crippen molar-refractivity contribution in [3.63, 3.8) is 0 Å². The number of para-hydroxylation sites is 1. The first-order valence-corrected chi connectivity index (χ1v) is 11.4. The van der Waals surface area contributed by atoms with Crippen LogP contribution in [0.4, 0.5) is 0 Å². The maximum Gasteiger partial charge on any atom is 0.193 e. The molecule has 0 radical (unpaired) electrons. The SMILES string of the molecule is CN=C(NCCOc1ccccc1-c1ccccc1)N1CCS(=O)(=O)C(C)(C)C1. The first kappa shape index (κ1) is 21.2. The largest absolute Gasteiger partial charge is 0.491 e. The smallest absolute Gasteiger partial charge is 0.193 e. The highest BCUT2D eigenvalue weighted by molar-refractivity contribution is 7.92. The van der Waals surface area contributed by atoms with Gasteiger partial charge < -0.3 is 15.0 Å². The number of guanidine groups is 1. The van der Waals surface area contributed by atoms with Gasteiger partial charge in [-0.05, 0) is 25.5 Å². The van der Waals surface area contributed by atoms with Crippen LogP contribution < -0.4 is 10.1 Å². The Morgan fingerprint density at radius 2 is 1.83 bits per heavy atom. The van der Waals surface area contributed by atoms with Crippen LogP contribution in [-0.2, 0) is 9.84 Å². The Morgan fingerprint density at radius 1 is 1.14 bits per heavy atom. The van der Waals surface area contributed by atoms with E-state index in [1.807, 2.05) is 47.4 Å². The van der Waals surface area contributed by atoms with Crippen molar-refractivity contribution in [3.05, 3.63) is 54.6 Å². The molecular weight excluding hydrogens is 386 g/mol. The van der Waals surface area contributed by atoms with E-state index in [-0.39, 0.29) is 5.75 Å². The third-order valence-corrected chi connectivity index (χ3v) is 7.70. The minimum absolute atomic E-state index is 0.141. The van der Waals surface area contributed by atoms with Gasteiger partial charge in [0.1, 0.15) is 12.4 Å². The highest BCUT2D eigenvalue weighted by Gasteiger charge is 2.40. The van der Waals surface area contributed by atoms with Gasteiger partial charge in [-0.15, -0.1) is 0 Å². The lowest BCUT2D eigenvalue weighted by atomic mass is 10.1. The zero-order valence-electron chi connectivity index (χ0n) is 17.3. The zero-order valence-corrected chi connectivity index (χ0v) is 18.1. The van der Waals surface area contributed by atoms with Crippen molar-refractivity contribution in [3.8, 4) is 16.9 Å². The van der Waals surface area contributed by atoms with Crippen molar-refractivity contribution in [2.75, 3.05) is 39.0 Å². The fourth-order valence-electron chi connectivity index (χ4n) is 3.43. The molecule has 2 aromatic carbocycles. The lowest BCUT2D eigenvalue weighted by molar-refractivity contribution is 0.314. The molecule has 1 aliphatic rings. The van der Waals surface area contributed by atoms with E-state index in [2.05, 4.69) is 22.4 Å². The van der Waals surface area contributed by atoms with Crippen molar-refractivity contribution in [1.29, 1.82) is 0 Å². The summed E-state index contributed by atoms with van der Waals surface area (Å²) >= 11 is 0. The minimum atomic E-state index is -3.08. The zero-order chi connectivity index (χ0) is 20.9. The summed E-state index contributed by atoms with van der Waals surface area (Å²) in [5.41, 5.74) is 2.17. The molecule has 1 aliphatic heterocycles. The summed E-state index contributed by atoms with van der Waals surface area (Å²) in [6, 6.07) is 18.1. The summed E-state index contributed by atoms with van der Waals surface area (Å²) < 4.78 is 29.7. The normalized spacial score (nSPS) is 18.3. The fourth-order valence-corrected chi connectivity index (χ4v) is 4.80. The molecular formula is C22H29N3O3S. The van der Waals surface area contributed by atoms with Gasteiger partial charge in [0.05, 0.1) is 17.0 Å². The number of ether oxygens (including phenoxy) is 1. The van der Waals surface area contributed by atoms with Crippen molar-refractivity contribution in [1.82, 2.24) is 10.2 Å². The van der Waals surface area contributed by atoms with E-state index in [0.29, 0.717) is 32.2 Å². The second kappa shape index (κ2) is 8.86. The second-order valence-corrected chi connectivity index (χ2v) is 10.4. The molecule has 29 heavy (non-hydrogen) atoms. The molecule has 1 N–H and O–H groups in total. The van der Waals surface area contributed by atoms with Gasteiger partial charge >= 0.3 is 0 Å². The quantitative estimate of drug-likeness (QED) is 0.462. The van der Waals surface area contributed by atoms with Crippen LogP contribution in [-0.4, -0.2) is 63.1 Å². The molecule has 0 saturated carbocycles. The molecule has 0 amide bonds. The Morgan fingerprint density at radius 3 is 2.52 bits per heavy atom. The molecule has 0 aliphatic carbocycles. The Bertz CT molecular complexity index is 956. The number of hydrogen-bond acceptors (Lipinski definition) is 4. The van der Waals surface area contributed by atoms with Crippen LogP contribution in [0.2, 0.25) is 0 Å². The Balaban J connectivity index is 1.57. The molecule has 0 unspecified atom stereocenters. The van der Waals surface area contributed by atoms with E-state index >= 15 is 0 Å². The highest BCUT2D eigenvalue weighted by atomic mass is 32.2. The standard InChI is InChI=1S/C22H29N3O3S/c1-22(2)17-25(14-16-29(22,26)27)21(23-3)24-13-15-28-20-12-8-7-11-19(20)18-9-5-4-6-10-18/h4-12H,13-17H2,1-3H3,(H,23,24). The van der Waals surface area contributed by atoms with E-state index < -0.39 is 14.6 Å². The number of benzene rings is 2. The molecule has 1 heterocycles. The van der Waals surface area contributed by atoms with Crippen LogP contribution in [0.5, 0.6) is 5.75 Å². The summed E-state index contributed by atoms with van der Waals surface area (Å²) in [7, 11) is -1.36. The summed E-state index contributed by atoms with van der Waals surface area (Å²) in [5.74, 6) is 1.68. The second-order valence-electron chi connectivity index (χ2n) is 7.68. The lowest BCUT2D eigenvalue weighted by Gasteiger charge is -2.39. The first-order chi connectivity index (χ1) is 13.8. The molecule has 0 atom stereocenters. The minimum Gasteiger partial charge on any atom is -0.491 e. The monoisotopic (exact) mass is 415 g/mol. The van der Waals surface area contributed by atoms with E-state index in [1.54, 1.807) is 20.9 Å². The van der Waals surface area contributed by atoms with Crippen LogP contribution in [0.25, 0.3) is 11.1 Å². The Hall–Kier alpha value is -2.54. The van der Waals surface area contributed by atoms with Crippen molar-refractivity contribution in [2.45, 2.75) is 18.6 Å². The summed E-state index contributed by atoms with van der Waals surface area (Å²) in [5, 5.41) is 3.29. The van der Waals surface area contributed by atoms with Gasteiger partial charge in [0, 0.05) is 25.7 Å². The van der Waals surface area contributed by atoms with E-state index in [1.165, 1.54) is 0 Å². The van der Waals surface area contributed by atoms with Crippen molar-refractivity contribution in [2.24, 2.45) is 4.99 Å². The van der Waals surface area contributed by atoms with E-state index in [0.717, 1.165) is 16.9 Å². The van der Waals surface area contributed by atoms with Crippen LogP contribution in [0.1, 0.15) is 13.8 Å². The molecule has 3 rings (SSSR count). The molecule has 1 saturated heterocycles. The number of aliphatic imine (C=N–C) groups is 1. The van der Waals surface area contributed by atoms with E-state index in [4.69, 9.17) is 4.74 Å². The summed E-state index contributed by atoms with van der Waals surface area (Å²) in [6.07, 6.45) is 0. The topological polar surface area (TPSA) is 71.0 Å². The molecule has 1 fully saturated rings. The fraction of sp³-hybridized carbons (Fsp3) is 0.409. The Kier molecular flexibility index (Phi) is 6.47. The van der Waals surface area contributed by atoms with E-state index in [9.17, 15) is 8.42 Å². The van der Waals surface area contributed by atoms with Gasteiger partial charge in [-0.2, -0.15) is 0 Å². The highest BCUT2D eigenvalue weighted by Crippen LogP contribution is 2.29. The molecule has 7 heteroatoms. The van der Waals surface area contributed by atoms with Gasteiger partial charge in [0.15, 0.2) is 15.8 Å². The first-order valence-electron chi connectivity index (χ1n) is 9.79. The summed E-state index contributed by atoms with van der Waals surface area (Å²) in [4.78, 5) is 6.31. The molecule has 156 valence electrons. The molecule has 0 aromatic heterocycles. The third kappa shape index (κ3) is 4.90. The number of rotatable bonds is 5. The van der Waals surface area contributed by atoms with Gasteiger partial charge in [0.25, 0.3) is 0 Å². The number of hydrogen-bond donors (Lipinski definition) is 1. The third-order valence-electron chi connectivity index (χ3n) is 5.17. The molecule has 0 bridgehead atoms. The van der Waals surface area contributed by atoms with Crippen molar-refractivity contribution < 1.29 is 13.2 Å². The average molecular weight is 416 g/mol. The predicted octanol–water partition coefficient (Wildman–Crippen LogP) is 2.82. The number of sulfone groups is 1. The van der Waals surface area contributed by atoms with Crippen LogP contribution in [0.3, 0.4) is 0 Å². The van der Waals surface area contributed by atoms with Gasteiger partial charge in [-0.25, -0.2) is 8.42 Å². The maximum absolute atomic E-state index is 12.2. The van der Waals surface area contributed by atoms with Crippen LogP contribution >= 0.6 is 0 Å². The lowest BCUT2D eigenvalue weighted by Crippen LogP contribution is -2.57. The van der Waals surface area contributed by atoms with Gasteiger partial charge in [-0.3, -0.25) is 4.99 Å². The van der Waals surface area contributed by atoms with Gasteiger partial charge in [0.2, 0.25) is 0 Å². The molecule has 0 spiro atoms. The maximum atomic E-state index is 12.2. The molecule has 2 aromatic rings. The van der Waals surface area contributed by atoms with Crippen LogP contribution in [0, 0.1) is 0 Å². The summed E-state index contributed by atoms with van der Waals surface area (Å²) in [6.45, 7) is 5.45. The Labute approximate surface area is 173 Å². The predicted molar refractivity (Wildman–Crippen MR) is 118 cm³/mol. The molecule has 6 nitrogen and oxygen atoms in total. The number of nitrogens with zero attached hydrogens (tertiary/aromatic N) is 2. The van der Waals surface area contributed by atoms with Crippen molar-refractivity contribution >= 4 is 15.8 Å². The van der Waals surface area contributed by atoms with Crippen LogP contribution in [0.15, 0.2) is 59.6 Å².